The normalized spacial score (nSPS) is 11.7. The highest BCUT2D eigenvalue weighted by molar-refractivity contribution is 7.19. The number of carbonyl (C=O) groups is 2. The van der Waals surface area contributed by atoms with Gasteiger partial charge in [0.05, 0.1) is 21.6 Å². The Morgan fingerprint density at radius 1 is 1.12 bits per heavy atom. The van der Waals surface area contributed by atoms with Crippen LogP contribution in [0.3, 0.4) is 0 Å². The van der Waals surface area contributed by atoms with Gasteiger partial charge in [-0.25, -0.2) is 18.7 Å². The van der Waals surface area contributed by atoms with E-state index in [2.05, 4.69) is 9.97 Å². The number of para-hydroxylation sites is 1. The maximum Gasteiger partial charge on any atom is 0.303 e. The van der Waals surface area contributed by atoms with Gasteiger partial charge in [-0.05, 0) is 42.3 Å². The third-order valence-electron chi connectivity index (χ3n) is 4.67. The number of carboxylic acid groups (broad SMARTS) is 1. The Morgan fingerprint density at radius 2 is 1.91 bits per heavy atom. The fourth-order valence-corrected chi connectivity index (χ4v) is 5.03. The van der Waals surface area contributed by atoms with Crippen LogP contribution < -0.4 is 4.90 Å². The molecule has 4 rings (SSSR count). The molecule has 4 aromatic rings. The number of amides is 1. The van der Waals surface area contributed by atoms with Crippen molar-refractivity contribution in [3.8, 4) is 0 Å². The first-order valence-corrected chi connectivity index (χ1v) is 11.5. The van der Waals surface area contributed by atoms with Crippen molar-refractivity contribution in [3.05, 3.63) is 70.2 Å². The van der Waals surface area contributed by atoms with Crippen molar-refractivity contribution in [1.82, 2.24) is 9.97 Å². The Hall–Kier alpha value is -3.50. The van der Waals surface area contributed by atoms with E-state index in [1.807, 2.05) is 24.3 Å². The van der Waals surface area contributed by atoms with Gasteiger partial charge in [0.15, 0.2) is 5.13 Å². The van der Waals surface area contributed by atoms with Crippen LogP contribution in [0, 0.1) is 11.6 Å². The number of hydrogen-bond donors (Lipinski definition) is 1. The second kappa shape index (κ2) is 9.55. The number of thiazole rings is 2. The summed E-state index contributed by atoms with van der Waals surface area (Å²) in [6, 6.07) is 10.6. The van der Waals surface area contributed by atoms with Crippen LogP contribution in [0.5, 0.6) is 0 Å². The van der Waals surface area contributed by atoms with Crippen molar-refractivity contribution in [1.29, 1.82) is 0 Å². The molecule has 0 unspecified atom stereocenters. The molecule has 2 aromatic heterocycles. The maximum absolute atomic E-state index is 14.3. The van der Waals surface area contributed by atoms with E-state index in [9.17, 15) is 18.4 Å². The Balaban J connectivity index is 1.72. The summed E-state index contributed by atoms with van der Waals surface area (Å²) in [5.41, 5.74) is 1.87. The number of halogens is 2. The van der Waals surface area contributed by atoms with Crippen LogP contribution in [0.1, 0.15) is 30.5 Å². The van der Waals surface area contributed by atoms with E-state index in [0.29, 0.717) is 22.3 Å². The molecule has 1 amide bonds. The molecule has 0 bridgehead atoms. The van der Waals surface area contributed by atoms with E-state index < -0.39 is 23.5 Å². The van der Waals surface area contributed by atoms with E-state index in [0.717, 1.165) is 32.5 Å². The van der Waals surface area contributed by atoms with E-state index in [1.54, 1.807) is 11.5 Å². The van der Waals surface area contributed by atoms with Crippen LogP contribution >= 0.6 is 22.7 Å². The molecular weight excluding hydrogens is 468 g/mol. The number of allylic oxidation sites excluding steroid dienone is 1. The smallest absolute Gasteiger partial charge is 0.303 e. The first-order chi connectivity index (χ1) is 15.8. The highest BCUT2D eigenvalue weighted by atomic mass is 32.1. The lowest BCUT2D eigenvalue weighted by atomic mass is 10.1. The topological polar surface area (TPSA) is 83.4 Å². The molecule has 33 heavy (non-hydrogen) atoms. The van der Waals surface area contributed by atoms with Crippen LogP contribution in [0.25, 0.3) is 21.9 Å². The third-order valence-corrected chi connectivity index (χ3v) is 6.62. The van der Waals surface area contributed by atoms with Gasteiger partial charge in [-0.1, -0.05) is 12.1 Å². The van der Waals surface area contributed by atoms with E-state index in [-0.39, 0.29) is 23.7 Å². The zero-order chi connectivity index (χ0) is 23.5. The van der Waals surface area contributed by atoms with Gasteiger partial charge in [-0.15, -0.1) is 22.7 Å². The molecular formula is C23H17F2N3O3S2. The lowest BCUT2D eigenvalue weighted by molar-refractivity contribution is -0.136. The minimum absolute atomic E-state index is 0.0842. The molecule has 0 saturated carbocycles. The van der Waals surface area contributed by atoms with Gasteiger partial charge < -0.3 is 5.11 Å². The summed E-state index contributed by atoms with van der Waals surface area (Å²) in [4.78, 5) is 33.5. The minimum Gasteiger partial charge on any atom is -0.481 e. The monoisotopic (exact) mass is 485 g/mol. The molecule has 0 aliphatic carbocycles. The Labute approximate surface area is 195 Å². The van der Waals surface area contributed by atoms with Gasteiger partial charge in [0.1, 0.15) is 16.6 Å². The number of benzene rings is 2. The predicted octanol–water partition coefficient (Wildman–Crippen LogP) is 6.12. The van der Waals surface area contributed by atoms with Crippen molar-refractivity contribution in [2.45, 2.75) is 19.8 Å². The zero-order valence-electron chi connectivity index (χ0n) is 17.3. The van der Waals surface area contributed by atoms with Gasteiger partial charge in [0, 0.05) is 24.8 Å². The van der Waals surface area contributed by atoms with E-state index in [1.165, 1.54) is 24.3 Å². The highest BCUT2D eigenvalue weighted by Crippen LogP contribution is 2.34. The summed E-state index contributed by atoms with van der Waals surface area (Å²) < 4.78 is 28.6. The third kappa shape index (κ3) is 5.12. The van der Waals surface area contributed by atoms with Crippen LogP contribution in [-0.4, -0.2) is 27.0 Å². The number of fused-ring (bicyclic) bond motifs is 1. The molecule has 168 valence electrons. The predicted molar refractivity (Wildman–Crippen MR) is 126 cm³/mol. The van der Waals surface area contributed by atoms with Gasteiger partial charge >= 0.3 is 5.97 Å². The van der Waals surface area contributed by atoms with Crippen LogP contribution in [-0.2, 0) is 9.59 Å². The molecule has 0 spiro atoms. The number of carboxylic acids is 1. The first-order valence-electron chi connectivity index (χ1n) is 9.81. The van der Waals surface area contributed by atoms with Gasteiger partial charge in [0.25, 0.3) is 0 Å². The lowest BCUT2D eigenvalue weighted by Crippen LogP contribution is -2.23. The summed E-state index contributed by atoms with van der Waals surface area (Å²) in [6.07, 6.45) is 1.88. The van der Waals surface area contributed by atoms with Gasteiger partial charge in [-0.3, -0.25) is 14.5 Å². The van der Waals surface area contributed by atoms with Crippen molar-refractivity contribution in [2.24, 2.45) is 0 Å². The fourth-order valence-electron chi connectivity index (χ4n) is 3.19. The molecule has 0 fully saturated rings. The van der Waals surface area contributed by atoms with Gasteiger partial charge in [0.2, 0.25) is 5.91 Å². The van der Waals surface area contributed by atoms with Crippen molar-refractivity contribution in [2.75, 3.05) is 4.90 Å². The standard InChI is InChI=1S/C23H17F2N3O3S2/c1-13(29)28(19-8-7-15(24)11-17(19)25)23-26-16(12-32-23)10-14(6-9-21(30)31)22-27-18-4-2-3-5-20(18)33-22/h2-5,7-8,10-12H,6,9H2,1H3,(H,30,31). The number of carbonyl (C=O) groups excluding carboxylic acids is 1. The first kappa shape index (κ1) is 22.7. The summed E-state index contributed by atoms with van der Waals surface area (Å²) in [5.74, 6) is -3.05. The van der Waals surface area contributed by atoms with Crippen LogP contribution in [0.4, 0.5) is 19.6 Å². The second-order valence-electron chi connectivity index (χ2n) is 7.06. The van der Waals surface area contributed by atoms with Crippen molar-refractivity contribution in [3.63, 3.8) is 0 Å². The molecule has 0 aliphatic heterocycles. The maximum atomic E-state index is 14.3. The number of rotatable bonds is 7. The molecule has 10 heteroatoms. The van der Waals surface area contributed by atoms with Crippen LogP contribution in [0.15, 0.2) is 47.8 Å². The fraction of sp³-hybridized carbons (Fsp3) is 0.130. The molecule has 0 saturated heterocycles. The summed E-state index contributed by atoms with van der Waals surface area (Å²) in [7, 11) is 0. The SMILES string of the molecule is CC(=O)N(c1nc(C=C(CCC(=O)O)c2nc3ccccc3s2)cs1)c1ccc(F)cc1F. The second-order valence-corrected chi connectivity index (χ2v) is 8.92. The van der Waals surface area contributed by atoms with E-state index >= 15 is 0 Å². The summed E-state index contributed by atoms with van der Waals surface area (Å²) >= 11 is 2.56. The summed E-state index contributed by atoms with van der Waals surface area (Å²) in [5, 5.41) is 11.7. The molecule has 1 N–H and O–H groups in total. The highest BCUT2D eigenvalue weighted by Gasteiger charge is 2.22. The number of aromatic nitrogens is 2. The Bertz CT molecular complexity index is 1350. The molecule has 0 atom stereocenters. The van der Waals surface area contributed by atoms with Gasteiger partial charge in [-0.2, -0.15) is 0 Å². The number of nitrogens with zero attached hydrogens (tertiary/aromatic N) is 3. The summed E-state index contributed by atoms with van der Waals surface area (Å²) in [6.45, 7) is 1.26. The average Bonchev–Trinajstić information content (AvgIpc) is 3.39. The molecule has 0 aliphatic rings. The van der Waals surface area contributed by atoms with Crippen LogP contribution in [0.2, 0.25) is 0 Å². The minimum atomic E-state index is -0.935. The molecule has 6 nitrogen and oxygen atoms in total. The Morgan fingerprint density at radius 3 is 2.61 bits per heavy atom. The largest absolute Gasteiger partial charge is 0.481 e. The zero-order valence-corrected chi connectivity index (χ0v) is 18.9. The number of hydrogen-bond acceptors (Lipinski definition) is 6. The van der Waals surface area contributed by atoms with E-state index in [4.69, 9.17) is 5.11 Å². The number of anilines is 2. The quantitative estimate of drug-likeness (QED) is 0.341. The average molecular weight is 486 g/mol. The molecule has 2 aromatic carbocycles. The molecule has 2 heterocycles. The lowest BCUT2D eigenvalue weighted by Gasteiger charge is -2.18. The number of aliphatic carboxylic acids is 1. The van der Waals surface area contributed by atoms with Crippen molar-refractivity contribution < 1.29 is 23.5 Å². The Kier molecular flexibility index (Phi) is 6.57. The molecule has 0 radical (unpaired) electrons. The van der Waals surface area contributed by atoms with Crippen molar-refractivity contribution >= 4 is 67.2 Å².